The first-order valence-electron chi connectivity index (χ1n) is 5.73. The van der Waals surface area contributed by atoms with E-state index in [9.17, 15) is 4.79 Å². The Labute approximate surface area is 95.9 Å². The largest absolute Gasteiger partial charge is 0.299 e. The van der Waals surface area contributed by atoms with E-state index in [0.717, 1.165) is 12.8 Å². The predicted molar refractivity (Wildman–Crippen MR) is 61.9 cm³/mol. The molecule has 1 aliphatic carbocycles. The molecule has 2 rings (SSSR count). The van der Waals surface area contributed by atoms with Gasteiger partial charge in [-0.15, -0.1) is 0 Å². The van der Waals surface area contributed by atoms with E-state index in [-0.39, 0.29) is 5.92 Å². The highest BCUT2D eigenvalue weighted by molar-refractivity contribution is 5.82. The van der Waals surface area contributed by atoms with Crippen molar-refractivity contribution in [2.75, 3.05) is 0 Å². The van der Waals surface area contributed by atoms with Gasteiger partial charge in [-0.2, -0.15) is 5.26 Å². The van der Waals surface area contributed by atoms with Crippen LogP contribution in [0.4, 0.5) is 0 Å². The third kappa shape index (κ3) is 2.14. The quantitative estimate of drug-likeness (QED) is 0.719. The van der Waals surface area contributed by atoms with Gasteiger partial charge in [-0.3, -0.25) is 4.79 Å². The van der Waals surface area contributed by atoms with Crippen LogP contribution in [0.1, 0.15) is 43.2 Å². The second-order valence-corrected chi connectivity index (χ2v) is 4.58. The van der Waals surface area contributed by atoms with Crippen LogP contribution in [0.3, 0.4) is 0 Å². The Kier molecular flexibility index (Phi) is 3.05. The summed E-state index contributed by atoms with van der Waals surface area (Å²) in [5, 5.41) is 8.71. The van der Waals surface area contributed by atoms with Gasteiger partial charge < -0.3 is 0 Å². The van der Waals surface area contributed by atoms with Crippen molar-refractivity contribution in [2.45, 2.75) is 32.1 Å². The molecular formula is C14H15NO. The average Bonchev–Trinajstić information content (AvgIpc) is 2.33. The van der Waals surface area contributed by atoms with Crippen molar-refractivity contribution in [3.63, 3.8) is 0 Å². The summed E-state index contributed by atoms with van der Waals surface area (Å²) in [6.07, 6.45) is 2.73. The lowest BCUT2D eigenvalue weighted by atomic mass is 9.78. The zero-order valence-corrected chi connectivity index (χ0v) is 9.44. The van der Waals surface area contributed by atoms with Crippen LogP contribution >= 0.6 is 0 Å². The lowest BCUT2D eigenvalue weighted by Crippen LogP contribution is -2.21. The summed E-state index contributed by atoms with van der Waals surface area (Å²) >= 11 is 0. The average molecular weight is 213 g/mol. The summed E-state index contributed by atoms with van der Waals surface area (Å²) in [6.45, 7) is 2.01. The molecule has 0 bridgehead atoms. The highest BCUT2D eigenvalue weighted by Gasteiger charge is 2.26. The fraction of sp³-hybridized carbons (Fsp3) is 0.429. The molecule has 0 aliphatic heterocycles. The number of hydrogen-bond acceptors (Lipinski definition) is 2. The summed E-state index contributed by atoms with van der Waals surface area (Å²) < 4.78 is 0. The summed E-state index contributed by atoms with van der Waals surface area (Å²) in [6, 6.07) is 9.73. The molecule has 0 amide bonds. The molecule has 2 atom stereocenters. The van der Waals surface area contributed by atoms with Crippen molar-refractivity contribution in [2.24, 2.45) is 5.92 Å². The van der Waals surface area contributed by atoms with E-state index in [1.165, 1.54) is 5.56 Å². The van der Waals surface area contributed by atoms with Gasteiger partial charge in [0, 0.05) is 12.3 Å². The van der Waals surface area contributed by atoms with Crippen molar-refractivity contribution >= 4 is 5.78 Å². The normalized spacial score (nSPS) is 25.1. The number of carbonyl (C=O) groups is 1. The third-order valence-corrected chi connectivity index (χ3v) is 3.46. The van der Waals surface area contributed by atoms with Crippen molar-refractivity contribution in [3.8, 4) is 6.07 Å². The molecule has 0 aromatic heterocycles. The minimum absolute atomic E-state index is 0.231. The summed E-state index contributed by atoms with van der Waals surface area (Å²) in [4.78, 5) is 11.6. The van der Waals surface area contributed by atoms with Crippen LogP contribution in [0.25, 0.3) is 0 Å². The first-order valence-corrected chi connectivity index (χ1v) is 5.73. The maximum absolute atomic E-state index is 11.6. The number of nitrogens with zero attached hydrogens (tertiary/aromatic N) is 1. The molecule has 1 saturated carbocycles. The molecule has 0 heterocycles. The molecule has 0 radical (unpaired) electrons. The lowest BCUT2D eigenvalue weighted by Gasteiger charge is -2.25. The minimum atomic E-state index is 0.231. The number of ketones is 1. The van der Waals surface area contributed by atoms with Gasteiger partial charge in [0.15, 0.2) is 0 Å². The van der Waals surface area contributed by atoms with Crippen LogP contribution in [-0.4, -0.2) is 5.78 Å². The maximum atomic E-state index is 11.6. The van der Waals surface area contributed by atoms with Crippen molar-refractivity contribution in [3.05, 3.63) is 35.4 Å². The van der Waals surface area contributed by atoms with E-state index in [1.807, 2.05) is 31.2 Å². The molecule has 1 aromatic rings. The van der Waals surface area contributed by atoms with Gasteiger partial charge in [0.2, 0.25) is 0 Å². The maximum Gasteiger partial charge on any atom is 0.136 e. The molecule has 1 aromatic carbocycles. The third-order valence-electron chi connectivity index (χ3n) is 3.46. The second-order valence-electron chi connectivity index (χ2n) is 4.58. The summed E-state index contributed by atoms with van der Waals surface area (Å²) in [5.41, 5.74) is 1.87. The highest BCUT2D eigenvalue weighted by atomic mass is 16.1. The van der Waals surface area contributed by atoms with Crippen molar-refractivity contribution in [1.29, 1.82) is 5.26 Å². The fourth-order valence-electron chi connectivity index (χ4n) is 2.27. The Morgan fingerprint density at radius 1 is 1.25 bits per heavy atom. The summed E-state index contributed by atoms with van der Waals surface area (Å²) in [7, 11) is 0. The van der Waals surface area contributed by atoms with Crippen LogP contribution in [0.5, 0.6) is 0 Å². The Balaban J connectivity index is 2.13. The molecule has 0 saturated heterocycles. The number of nitriles is 1. The van der Waals surface area contributed by atoms with Crippen LogP contribution in [-0.2, 0) is 4.79 Å². The van der Waals surface area contributed by atoms with Crippen LogP contribution in [0, 0.1) is 17.2 Å². The fourth-order valence-corrected chi connectivity index (χ4v) is 2.27. The van der Waals surface area contributed by atoms with Gasteiger partial charge in [0.05, 0.1) is 11.6 Å². The Morgan fingerprint density at radius 2 is 1.94 bits per heavy atom. The van der Waals surface area contributed by atoms with Crippen molar-refractivity contribution < 1.29 is 4.79 Å². The zero-order chi connectivity index (χ0) is 11.5. The monoisotopic (exact) mass is 213 g/mol. The standard InChI is InChI=1S/C14H15NO/c1-10-2-5-13(8-14(10)16)12-6-3-11(9-15)4-7-12/h3-4,6-7,10,13H,2,5,8H2,1H3/t10-,13-/m1/s1. The molecule has 82 valence electrons. The predicted octanol–water partition coefficient (Wildman–Crippen LogP) is 3.03. The molecule has 0 spiro atoms. The first kappa shape index (κ1) is 10.9. The zero-order valence-electron chi connectivity index (χ0n) is 9.44. The number of carbonyl (C=O) groups excluding carboxylic acids is 1. The summed E-state index contributed by atoms with van der Waals surface area (Å²) in [5.74, 6) is 0.965. The van der Waals surface area contributed by atoms with Crippen molar-refractivity contribution in [1.82, 2.24) is 0 Å². The molecule has 2 nitrogen and oxygen atoms in total. The first-order chi connectivity index (χ1) is 7.70. The van der Waals surface area contributed by atoms with Gasteiger partial charge >= 0.3 is 0 Å². The molecule has 0 unspecified atom stereocenters. The van der Waals surface area contributed by atoms with Crippen LogP contribution < -0.4 is 0 Å². The highest BCUT2D eigenvalue weighted by Crippen LogP contribution is 2.33. The molecular weight excluding hydrogens is 198 g/mol. The van der Waals surface area contributed by atoms with E-state index in [2.05, 4.69) is 6.07 Å². The number of hydrogen-bond donors (Lipinski definition) is 0. The van der Waals surface area contributed by atoms with Gasteiger partial charge in [-0.1, -0.05) is 19.1 Å². The number of rotatable bonds is 1. The lowest BCUT2D eigenvalue weighted by molar-refractivity contribution is -0.124. The van der Waals surface area contributed by atoms with Crippen LogP contribution in [0.15, 0.2) is 24.3 Å². The Bertz CT molecular complexity index is 427. The topological polar surface area (TPSA) is 40.9 Å². The Morgan fingerprint density at radius 3 is 2.50 bits per heavy atom. The van der Waals surface area contributed by atoms with Gasteiger partial charge in [0.1, 0.15) is 5.78 Å². The molecule has 1 fully saturated rings. The van der Waals surface area contributed by atoms with Gasteiger partial charge in [-0.05, 0) is 36.5 Å². The molecule has 2 heteroatoms. The Hall–Kier alpha value is -1.62. The molecule has 1 aliphatic rings. The van der Waals surface area contributed by atoms with E-state index in [0.29, 0.717) is 23.7 Å². The molecule has 16 heavy (non-hydrogen) atoms. The number of benzene rings is 1. The van der Waals surface area contributed by atoms with Gasteiger partial charge in [-0.25, -0.2) is 0 Å². The van der Waals surface area contributed by atoms with Gasteiger partial charge in [0.25, 0.3) is 0 Å². The van der Waals surface area contributed by atoms with Crippen LogP contribution in [0.2, 0.25) is 0 Å². The van der Waals surface area contributed by atoms with E-state index in [4.69, 9.17) is 5.26 Å². The van der Waals surface area contributed by atoms with E-state index in [1.54, 1.807) is 0 Å². The second kappa shape index (κ2) is 4.49. The smallest absolute Gasteiger partial charge is 0.136 e. The minimum Gasteiger partial charge on any atom is -0.299 e. The van der Waals surface area contributed by atoms with E-state index < -0.39 is 0 Å². The number of Topliss-reactive ketones (excluding diaryl/α,β-unsaturated/α-hetero) is 1. The van der Waals surface area contributed by atoms with E-state index >= 15 is 0 Å². The molecule has 0 N–H and O–H groups in total. The SMILES string of the molecule is C[C@@H]1CC[C@@H](c2ccc(C#N)cc2)CC1=O.